The highest BCUT2D eigenvalue weighted by molar-refractivity contribution is 5.93. The molecular weight excluding hydrogens is 314 g/mol. The maximum Gasteiger partial charge on any atom is 0.238 e. The summed E-state index contributed by atoms with van der Waals surface area (Å²) in [4.78, 5) is 24.9. The van der Waals surface area contributed by atoms with Crippen LogP contribution in [0, 0.1) is 13.8 Å². The molecule has 2 aromatic rings. The van der Waals surface area contributed by atoms with Crippen LogP contribution >= 0.6 is 0 Å². The summed E-state index contributed by atoms with van der Waals surface area (Å²) < 4.78 is 0. The van der Waals surface area contributed by atoms with Gasteiger partial charge in [-0.1, -0.05) is 18.2 Å². The maximum atomic E-state index is 12.0. The van der Waals surface area contributed by atoms with Crippen molar-refractivity contribution in [3.8, 4) is 0 Å². The lowest BCUT2D eigenvalue weighted by Gasteiger charge is -2.15. The molecule has 0 fully saturated rings. The summed E-state index contributed by atoms with van der Waals surface area (Å²) in [6, 6.07) is 13.4. The zero-order valence-electron chi connectivity index (χ0n) is 15.2. The Hall–Kier alpha value is -2.66. The third-order valence-corrected chi connectivity index (χ3v) is 4.33. The van der Waals surface area contributed by atoms with E-state index in [1.54, 1.807) is 36.2 Å². The van der Waals surface area contributed by atoms with Crippen LogP contribution in [0.4, 0.5) is 11.4 Å². The second kappa shape index (κ2) is 8.44. The molecular formula is C20H25N3O2. The number of aryl methyl sites for hydroxylation is 1. The first-order chi connectivity index (χ1) is 11.9. The molecule has 0 bridgehead atoms. The molecule has 0 saturated carbocycles. The van der Waals surface area contributed by atoms with E-state index in [0.29, 0.717) is 12.2 Å². The number of hydrogen-bond acceptors (Lipinski definition) is 3. The molecule has 0 spiro atoms. The van der Waals surface area contributed by atoms with Gasteiger partial charge in [0.05, 0.1) is 6.54 Å². The van der Waals surface area contributed by atoms with Crippen LogP contribution in [-0.2, 0) is 16.1 Å². The fourth-order valence-corrected chi connectivity index (χ4v) is 2.47. The van der Waals surface area contributed by atoms with Crippen LogP contribution in [0.15, 0.2) is 42.5 Å². The smallest absolute Gasteiger partial charge is 0.238 e. The van der Waals surface area contributed by atoms with E-state index < -0.39 is 0 Å². The highest BCUT2D eigenvalue weighted by Gasteiger charge is 2.07. The number of nitrogens with zero attached hydrogens (tertiary/aromatic N) is 1. The van der Waals surface area contributed by atoms with Crippen LogP contribution in [0.3, 0.4) is 0 Å². The van der Waals surface area contributed by atoms with Gasteiger partial charge >= 0.3 is 0 Å². The molecule has 132 valence electrons. The van der Waals surface area contributed by atoms with Crippen molar-refractivity contribution in [1.29, 1.82) is 0 Å². The van der Waals surface area contributed by atoms with Crippen molar-refractivity contribution >= 4 is 23.2 Å². The molecule has 0 aliphatic rings. The summed E-state index contributed by atoms with van der Waals surface area (Å²) in [5.74, 6) is -0.134. The minimum absolute atomic E-state index is 0.0348. The molecule has 0 heterocycles. The third kappa shape index (κ3) is 5.16. The predicted molar refractivity (Wildman–Crippen MR) is 102 cm³/mol. The van der Waals surface area contributed by atoms with E-state index in [-0.39, 0.29) is 18.4 Å². The Kier molecular flexibility index (Phi) is 6.31. The SMILES string of the molecule is CC(=O)N(C)c1ccc(NC(=O)CNCc2cccc(C)c2C)cc1. The summed E-state index contributed by atoms with van der Waals surface area (Å²) in [7, 11) is 1.72. The van der Waals surface area contributed by atoms with Gasteiger partial charge in [-0.2, -0.15) is 0 Å². The number of hydrogen-bond donors (Lipinski definition) is 2. The number of benzene rings is 2. The fourth-order valence-electron chi connectivity index (χ4n) is 2.47. The van der Waals surface area contributed by atoms with Crippen molar-refractivity contribution in [3.63, 3.8) is 0 Å². The van der Waals surface area contributed by atoms with Crippen molar-refractivity contribution in [3.05, 3.63) is 59.2 Å². The molecule has 2 rings (SSSR count). The lowest BCUT2D eigenvalue weighted by atomic mass is 10.0. The van der Waals surface area contributed by atoms with E-state index in [9.17, 15) is 9.59 Å². The molecule has 2 N–H and O–H groups in total. The van der Waals surface area contributed by atoms with E-state index >= 15 is 0 Å². The first-order valence-corrected chi connectivity index (χ1v) is 8.28. The van der Waals surface area contributed by atoms with Crippen LogP contribution in [0.5, 0.6) is 0 Å². The van der Waals surface area contributed by atoms with Crippen LogP contribution in [0.25, 0.3) is 0 Å². The van der Waals surface area contributed by atoms with E-state index in [1.807, 2.05) is 6.07 Å². The molecule has 0 radical (unpaired) electrons. The fraction of sp³-hybridized carbons (Fsp3) is 0.300. The van der Waals surface area contributed by atoms with Crippen LogP contribution < -0.4 is 15.5 Å². The zero-order valence-corrected chi connectivity index (χ0v) is 15.2. The minimum Gasteiger partial charge on any atom is -0.325 e. The quantitative estimate of drug-likeness (QED) is 0.850. The Labute approximate surface area is 149 Å². The predicted octanol–water partition coefficient (Wildman–Crippen LogP) is 3.01. The largest absolute Gasteiger partial charge is 0.325 e. The number of rotatable bonds is 6. The average Bonchev–Trinajstić information content (AvgIpc) is 2.58. The maximum absolute atomic E-state index is 12.0. The molecule has 0 saturated heterocycles. The monoisotopic (exact) mass is 339 g/mol. The average molecular weight is 339 g/mol. The standard InChI is InChI=1S/C20H25N3O2/c1-14-6-5-7-17(15(14)2)12-21-13-20(25)22-18-8-10-19(11-9-18)23(4)16(3)24/h5-11,21H,12-13H2,1-4H3,(H,22,25). The van der Waals surface area contributed by atoms with Crippen molar-refractivity contribution in [2.45, 2.75) is 27.3 Å². The van der Waals surface area contributed by atoms with Gasteiger partial charge in [-0.25, -0.2) is 0 Å². The third-order valence-electron chi connectivity index (χ3n) is 4.33. The normalized spacial score (nSPS) is 10.4. The van der Waals surface area contributed by atoms with Crippen molar-refractivity contribution in [1.82, 2.24) is 5.32 Å². The number of nitrogens with one attached hydrogen (secondary N) is 2. The Morgan fingerprint density at radius 3 is 2.36 bits per heavy atom. The lowest BCUT2D eigenvalue weighted by molar-refractivity contribution is -0.116. The minimum atomic E-state index is -0.0991. The Bertz CT molecular complexity index is 754. The van der Waals surface area contributed by atoms with Crippen molar-refractivity contribution < 1.29 is 9.59 Å². The van der Waals surface area contributed by atoms with Gasteiger partial charge < -0.3 is 15.5 Å². The molecule has 0 aliphatic carbocycles. The van der Waals surface area contributed by atoms with Gasteiger partial charge in [-0.3, -0.25) is 9.59 Å². The summed E-state index contributed by atoms with van der Waals surface area (Å²) in [5, 5.41) is 6.01. The van der Waals surface area contributed by atoms with Crippen molar-refractivity contribution in [2.75, 3.05) is 23.8 Å². The lowest BCUT2D eigenvalue weighted by Crippen LogP contribution is -2.28. The van der Waals surface area contributed by atoms with Gasteiger partial charge in [0.2, 0.25) is 11.8 Å². The summed E-state index contributed by atoms with van der Waals surface area (Å²) in [5.41, 5.74) is 5.20. The molecule has 0 aliphatic heterocycles. The second-order valence-electron chi connectivity index (χ2n) is 6.14. The van der Waals surface area contributed by atoms with Gasteiger partial charge in [0.25, 0.3) is 0 Å². The van der Waals surface area contributed by atoms with Crippen molar-refractivity contribution in [2.24, 2.45) is 0 Å². The van der Waals surface area contributed by atoms with Crippen LogP contribution in [0.2, 0.25) is 0 Å². The molecule has 2 amide bonds. The van der Waals surface area contributed by atoms with Gasteiger partial charge in [0.1, 0.15) is 0 Å². The summed E-state index contributed by atoms with van der Waals surface area (Å²) in [6.45, 7) is 6.58. The summed E-state index contributed by atoms with van der Waals surface area (Å²) in [6.07, 6.45) is 0. The first kappa shape index (κ1) is 18.7. The molecule has 5 heteroatoms. The Balaban J connectivity index is 1.84. The van der Waals surface area contributed by atoms with Crippen LogP contribution in [0.1, 0.15) is 23.6 Å². The Morgan fingerprint density at radius 1 is 1.04 bits per heavy atom. The summed E-state index contributed by atoms with van der Waals surface area (Å²) >= 11 is 0. The van der Waals surface area contributed by atoms with E-state index in [4.69, 9.17) is 0 Å². The number of amides is 2. The number of anilines is 2. The van der Waals surface area contributed by atoms with E-state index in [1.165, 1.54) is 23.6 Å². The van der Waals surface area contributed by atoms with E-state index in [2.05, 4.69) is 36.6 Å². The highest BCUT2D eigenvalue weighted by atomic mass is 16.2. The van der Waals surface area contributed by atoms with Crippen LogP contribution in [-0.4, -0.2) is 25.4 Å². The molecule has 5 nitrogen and oxygen atoms in total. The molecule has 2 aromatic carbocycles. The van der Waals surface area contributed by atoms with Gasteiger partial charge in [-0.15, -0.1) is 0 Å². The molecule has 0 unspecified atom stereocenters. The van der Waals surface area contributed by atoms with Gasteiger partial charge in [0, 0.05) is 31.9 Å². The molecule has 25 heavy (non-hydrogen) atoms. The molecule has 0 aromatic heterocycles. The van der Waals surface area contributed by atoms with E-state index in [0.717, 1.165) is 5.69 Å². The highest BCUT2D eigenvalue weighted by Crippen LogP contribution is 2.17. The number of carbonyl (C=O) groups excluding carboxylic acids is 2. The Morgan fingerprint density at radius 2 is 1.72 bits per heavy atom. The van der Waals surface area contributed by atoms with Gasteiger partial charge in [-0.05, 0) is 54.8 Å². The second-order valence-corrected chi connectivity index (χ2v) is 6.14. The topological polar surface area (TPSA) is 61.4 Å². The molecule has 0 atom stereocenters. The zero-order chi connectivity index (χ0) is 18.4. The number of carbonyl (C=O) groups is 2. The van der Waals surface area contributed by atoms with Gasteiger partial charge in [0.15, 0.2) is 0 Å². The first-order valence-electron chi connectivity index (χ1n) is 8.28.